The molecule has 0 fully saturated rings. The molecule has 84 valence electrons. The second-order valence-corrected chi connectivity index (χ2v) is 3.97. The molecule has 1 atom stereocenters. The molecule has 0 bridgehead atoms. The highest BCUT2D eigenvalue weighted by Crippen LogP contribution is 2.11. The van der Waals surface area contributed by atoms with Crippen molar-refractivity contribution in [1.29, 1.82) is 0 Å². The number of benzene rings is 1. The van der Waals surface area contributed by atoms with Gasteiger partial charge in [-0.05, 0) is 41.8 Å². The van der Waals surface area contributed by atoms with Crippen LogP contribution >= 0.6 is 0 Å². The quantitative estimate of drug-likeness (QED) is 0.590. The monoisotopic (exact) mass is 228 g/mol. The maximum Gasteiger partial charge on any atom is 0.0479 e. The zero-order chi connectivity index (χ0) is 11.1. The zero-order valence-corrected chi connectivity index (χ0v) is 9.38. The molecule has 0 aromatic heterocycles. The van der Waals surface area contributed by atoms with Crippen molar-refractivity contribution in [2.45, 2.75) is 11.3 Å². The summed E-state index contributed by atoms with van der Waals surface area (Å²) in [7, 11) is 1.67. The second-order valence-electron chi connectivity index (χ2n) is 3.03. The van der Waals surface area contributed by atoms with Gasteiger partial charge in [0, 0.05) is 30.8 Å². The number of ether oxygens (including phenoxy) is 1. The average molecular weight is 228 g/mol. The highest BCUT2D eigenvalue weighted by molar-refractivity contribution is 7.79. The Morgan fingerprint density at radius 2 is 2.07 bits per heavy atom. The molecule has 1 aromatic rings. The predicted molar refractivity (Wildman–Crippen MR) is 58.6 cm³/mol. The maximum atomic E-state index is 10.6. The van der Waals surface area contributed by atoms with Gasteiger partial charge in [-0.25, -0.2) is 0 Å². The van der Waals surface area contributed by atoms with Crippen LogP contribution in [-0.4, -0.2) is 29.0 Å². The van der Waals surface area contributed by atoms with Crippen LogP contribution in [0.5, 0.6) is 0 Å². The van der Waals surface area contributed by atoms with Gasteiger partial charge in [0.05, 0.1) is 0 Å². The Morgan fingerprint density at radius 3 is 2.60 bits per heavy atom. The van der Waals surface area contributed by atoms with E-state index in [2.05, 4.69) is 5.32 Å². The molecule has 1 unspecified atom stereocenters. The number of hydrogen-bond donors (Lipinski definition) is 1. The number of rotatable bonds is 6. The van der Waals surface area contributed by atoms with Crippen molar-refractivity contribution in [2.24, 2.45) is 0 Å². The molecule has 1 N–H and O–H groups in total. The smallest absolute Gasteiger partial charge is 0.0479 e. The number of methoxy groups -OCH3 is 1. The molecule has 0 heterocycles. The molecule has 4 nitrogen and oxygen atoms in total. The first kappa shape index (κ1) is 12.2. The van der Waals surface area contributed by atoms with Crippen LogP contribution < -0.4 is 5.32 Å². The summed E-state index contributed by atoms with van der Waals surface area (Å²) in [4.78, 5) is 0.303. The van der Waals surface area contributed by atoms with E-state index in [4.69, 9.17) is 4.74 Å². The van der Waals surface area contributed by atoms with E-state index in [-0.39, 0.29) is 0 Å². The first-order chi connectivity index (χ1) is 7.24. The number of hydrogen-bond acceptors (Lipinski definition) is 4. The van der Waals surface area contributed by atoms with Crippen molar-refractivity contribution in [3.63, 3.8) is 0 Å². The second kappa shape index (κ2) is 6.55. The van der Waals surface area contributed by atoms with Gasteiger partial charge in [-0.15, -0.1) is 0 Å². The minimum Gasteiger partial charge on any atom is -0.768 e. The summed E-state index contributed by atoms with van der Waals surface area (Å²) < 4.78 is 26.1. The molecule has 0 aliphatic heterocycles. The molecule has 0 aliphatic rings. The van der Waals surface area contributed by atoms with E-state index in [0.717, 1.165) is 25.3 Å². The van der Waals surface area contributed by atoms with Crippen molar-refractivity contribution in [1.82, 2.24) is 0 Å². The lowest BCUT2D eigenvalue weighted by atomic mass is 10.3. The molecule has 0 aliphatic carbocycles. The summed E-state index contributed by atoms with van der Waals surface area (Å²) in [5.74, 6) is 0. The van der Waals surface area contributed by atoms with Gasteiger partial charge in [0.25, 0.3) is 0 Å². The van der Waals surface area contributed by atoms with Crippen LogP contribution in [0.2, 0.25) is 0 Å². The summed E-state index contributed by atoms with van der Waals surface area (Å²) in [6, 6.07) is 6.64. The van der Waals surface area contributed by atoms with Gasteiger partial charge in [-0.2, -0.15) is 0 Å². The third-order valence-electron chi connectivity index (χ3n) is 1.90. The number of anilines is 1. The third-order valence-corrected chi connectivity index (χ3v) is 2.56. The largest absolute Gasteiger partial charge is 0.768 e. The van der Waals surface area contributed by atoms with E-state index in [9.17, 15) is 8.76 Å². The van der Waals surface area contributed by atoms with Gasteiger partial charge < -0.3 is 14.6 Å². The summed E-state index contributed by atoms with van der Waals surface area (Å²) in [5.41, 5.74) is 0.917. The van der Waals surface area contributed by atoms with Crippen molar-refractivity contribution in [2.75, 3.05) is 25.6 Å². The maximum absolute atomic E-state index is 10.6. The third kappa shape index (κ3) is 4.42. The van der Waals surface area contributed by atoms with Gasteiger partial charge in [0.2, 0.25) is 0 Å². The first-order valence-electron chi connectivity index (χ1n) is 4.66. The van der Waals surface area contributed by atoms with Crippen LogP contribution in [0.15, 0.2) is 29.2 Å². The van der Waals surface area contributed by atoms with E-state index in [1.54, 1.807) is 31.4 Å². The van der Waals surface area contributed by atoms with Crippen LogP contribution in [0.4, 0.5) is 5.69 Å². The summed E-state index contributed by atoms with van der Waals surface area (Å²) >= 11 is -2.14. The van der Waals surface area contributed by atoms with E-state index in [0.29, 0.717) is 4.90 Å². The van der Waals surface area contributed by atoms with Crippen LogP contribution in [0.25, 0.3) is 0 Å². The zero-order valence-electron chi connectivity index (χ0n) is 8.56. The van der Waals surface area contributed by atoms with Gasteiger partial charge in [-0.1, -0.05) is 0 Å². The average Bonchev–Trinajstić information content (AvgIpc) is 2.25. The fraction of sp³-hybridized carbons (Fsp3) is 0.400. The molecule has 1 rings (SSSR count). The normalized spacial score (nSPS) is 12.4. The Kier molecular flexibility index (Phi) is 5.31. The van der Waals surface area contributed by atoms with E-state index < -0.39 is 11.1 Å². The Balaban J connectivity index is 2.39. The van der Waals surface area contributed by atoms with E-state index >= 15 is 0 Å². The molecule has 0 spiro atoms. The number of nitrogens with one attached hydrogen (secondary N) is 1. The molecule has 0 saturated heterocycles. The standard InChI is InChI=1S/C10H15NO3S/c1-14-8-2-7-11-9-3-5-10(6-4-9)15(12)13/h3-6,11H,2,7-8H2,1H3,(H,12,13)/p-1. The minimum atomic E-state index is -2.14. The van der Waals surface area contributed by atoms with Crippen molar-refractivity contribution < 1.29 is 13.5 Å². The first-order valence-corrected chi connectivity index (χ1v) is 5.73. The molecular weight excluding hydrogens is 214 g/mol. The fourth-order valence-corrected chi connectivity index (χ4v) is 1.49. The Bertz CT molecular complexity index is 313. The van der Waals surface area contributed by atoms with Crippen LogP contribution in [0.1, 0.15) is 6.42 Å². The summed E-state index contributed by atoms with van der Waals surface area (Å²) in [6.45, 7) is 1.53. The molecule has 0 saturated carbocycles. The van der Waals surface area contributed by atoms with Gasteiger partial charge >= 0.3 is 0 Å². The van der Waals surface area contributed by atoms with Crippen LogP contribution in [-0.2, 0) is 15.8 Å². The van der Waals surface area contributed by atoms with Crippen molar-refractivity contribution >= 4 is 16.8 Å². The molecule has 5 heteroatoms. The molecular formula is C10H14NO3S-. The lowest BCUT2D eigenvalue weighted by Crippen LogP contribution is -2.04. The highest BCUT2D eigenvalue weighted by atomic mass is 32.2. The van der Waals surface area contributed by atoms with Crippen LogP contribution in [0, 0.1) is 0 Å². The van der Waals surface area contributed by atoms with Crippen molar-refractivity contribution in [3.05, 3.63) is 24.3 Å². The molecule has 0 amide bonds. The Morgan fingerprint density at radius 1 is 1.40 bits per heavy atom. The SMILES string of the molecule is COCCCNc1ccc(S(=O)[O-])cc1. The van der Waals surface area contributed by atoms with Gasteiger partial charge in [0.15, 0.2) is 0 Å². The van der Waals surface area contributed by atoms with Crippen LogP contribution in [0.3, 0.4) is 0 Å². The lowest BCUT2D eigenvalue weighted by molar-refractivity contribution is 0.198. The van der Waals surface area contributed by atoms with E-state index in [1.807, 2.05) is 0 Å². The molecule has 0 radical (unpaired) electrons. The molecule has 15 heavy (non-hydrogen) atoms. The molecule has 1 aromatic carbocycles. The summed E-state index contributed by atoms with van der Waals surface area (Å²) in [5, 5.41) is 3.16. The summed E-state index contributed by atoms with van der Waals surface area (Å²) in [6.07, 6.45) is 0.922. The minimum absolute atomic E-state index is 0.303. The van der Waals surface area contributed by atoms with Gasteiger partial charge in [-0.3, -0.25) is 4.21 Å². The van der Waals surface area contributed by atoms with Gasteiger partial charge in [0.1, 0.15) is 0 Å². The fourth-order valence-electron chi connectivity index (χ4n) is 1.13. The van der Waals surface area contributed by atoms with Crippen molar-refractivity contribution in [3.8, 4) is 0 Å². The topological polar surface area (TPSA) is 61.4 Å². The Hall–Kier alpha value is -0.910. The predicted octanol–water partition coefficient (Wildman–Crippen LogP) is 1.37. The van der Waals surface area contributed by atoms with E-state index in [1.165, 1.54) is 0 Å². The Labute approximate surface area is 91.9 Å². The lowest BCUT2D eigenvalue weighted by Gasteiger charge is -2.08. The highest BCUT2D eigenvalue weighted by Gasteiger charge is 1.93.